The number of halogens is 1. The summed E-state index contributed by atoms with van der Waals surface area (Å²) in [5.74, 6) is -0.457. The maximum atomic E-state index is 13.0. The van der Waals surface area contributed by atoms with Crippen LogP contribution in [0.4, 0.5) is 5.69 Å². The van der Waals surface area contributed by atoms with Gasteiger partial charge >= 0.3 is 0 Å². The molecule has 0 aliphatic carbocycles. The van der Waals surface area contributed by atoms with E-state index in [1.54, 1.807) is 12.1 Å². The van der Waals surface area contributed by atoms with Crippen LogP contribution < -0.4 is 15.0 Å². The molecule has 5 nitrogen and oxygen atoms in total. The van der Waals surface area contributed by atoms with E-state index in [9.17, 15) is 9.59 Å². The molecule has 27 heavy (non-hydrogen) atoms. The van der Waals surface area contributed by atoms with Crippen molar-refractivity contribution < 1.29 is 14.3 Å². The Hall–Kier alpha value is -2.51. The van der Waals surface area contributed by atoms with E-state index in [2.05, 4.69) is 28.2 Å². The number of benzene rings is 2. The smallest absolute Gasteiger partial charge is 0.270 e. The van der Waals surface area contributed by atoms with E-state index in [-0.39, 0.29) is 10.7 Å². The molecule has 1 heterocycles. The Balaban J connectivity index is 2.03. The summed E-state index contributed by atoms with van der Waals surface area (Å²) in [4.78, 5) is 26.8. The lowest BCUT2D eigenvalue weighted by Crippen LogP contribution is -2.54. The Labute approximate surface area is 171 Å². The third kappa shape index (κ3) is 3.94. The van der Waals surface area contributed by atoms with Crippen molar-refractivity contribution in [2.75, 3.05) is 12.0 Å². The average molecular weight is 445 g/mol. The van der Waals surface area contributed by atoms with Gasteiger partial charge in [-0.1, -0.05) is 35.0 Å². The van der Waals surface area contributed by atoms with Crippen molar-refractivity contribution in [2.24, 2.45) is 0 Å². The molecule has 1 fully saturated rings. The van der Waals surface area contributed by atoms with Crippen molar-refractivity contribution in [1.29, 1.82) is 0 Å². The van der Waals surface area contributed by atoms with Gasteiger partial charge in [-0.05, 0) is 60.6 Å². The molecule has 0 atom stereocenters. The first-order valence-electron chi connectivity index (χ1n) is 8.28. The number of hydrogen-bond acceptors (Lipinski definition) is 4. The lowest BCUT2D eigenvalue weighted by atomic mass is 10.1. The molecule has 2 amide bonds. The Morgan fingerprint density at radius 2 is 1.89 bits per heavy atom. The Morgan fingerprint density at radius 1 is 1.19 bits per heavy atom. The van der Waals surface area contributed by atoms with E-state index in [0.717, 1.165) is 16.5 Å². The summed E-state index contributed by atoms with van der Waals surface area (Å²) in [5, 5.41) is 2.65. The van der Waals surface area contributed by atoms with Gasteiger partial charge in [0.05, 0.1) is 12.8 Å². The zero-order valence-electron chi connectivity index (χ0n) is 14.8. The van der Waals surface area contributed by atoms with Crippen LogP contribution in [0.2, 0.25) is 0 Å². The summed E-state index contributed by atoms with van der Waals surface area (Å²) in [7, 11) is 1.53. The molecule has 1 aliphatic heterocycles. The number of rotatable bonds is 4. The molecule has 0 spiro atoms. The molecular formula is C20H17BrN2O3S. The zero-order chi connectivity index (χ0) is 19.6. The molecule has 0 unspecified atom stereocenters. The number of nitrogens with one attached hydrogen (secondary N) is 1. The molecule has 0 saturated carbocycles. The van der Waals surface area contributed by atoms with Crippen molar-refractivity contribution in [1.82, 2.24) is 5.32 Å². The summed E-state index contributed by atoms with van der Waals surface area (Å²) in [6.45, 7) is 2.05. The fraction of sp³-hybridized carbons (Fsp3) is 0.150. The number of nitrogens with zero attached hydrogens (tertiary/aromatic N) is 1. The highest BCUT2D eigenvalue weighted by atomic mass is 79.9. The lowest BCUT2D eigenvalue weighted by Gasteiger charge is -2.29. The van der Waals surface area contributed by atoms with Crippen molar-refractivity contribution in [3.63, 3.8) is 0 Å². The van der Waals surface area contributed by atoms with Gasteiger partial charge in [0.25, 0.3) is 11.8 Å². The zero-order valence-corrected chi connectivity index (χ0v) is 17.2. The standard InChI is InChI=1S/C20H17BrN2O3S/c1-3-12-4-7-15(8-5-12)23-19(25)16(18(24)22-20(23)27)11-13-10-14(21)6-9-17(13)26-2/h4-11H,3H2,1-2H3,(H,22,24,27)/b16-11+. The highest BCUT2D eigenvalue weighted by molar-refractivity contribution is 9.10. The summed E-state index contributed by atoms with van der Waals surface area (Å²) in [6.07, 6.45) is 2.40. The highest BCUT2D eigenvalue weighted by Gasteiger charge is 2.34. The Kier molecular flexibility index (Phi) is 5.72. The van der Waals surface area contributed by atoms with Crippen LogP contribution in [0.1, 0.15) is 18.1 Å². The lowest BCUT2D eigenvalue weighted by molar-refractivity contribution is -0.122. The maximum Gasteiger partial charge on any atom is 0.270 e. The maximum absolute atomic E-state index is 13.0. The normalized spacial score (nSPS) is 15.9. The van der Waals surface area contributed by atoms with Gasteiger partial charge in [-0.15, -0.1) is 0 Å². The first-order chi connectivity index (χ1) is 12.9. The van der Waals surface area contributed by atoms with E-state index < -0.39 is 11.8 Å². The van der Waals surface area contributed by atoms with Gasteiger partial charge in [0, 0.05) is 10.0 Å². The van der Waals surface area contributed by atoms with E-state index in [1.807, 2.05) is 30.3 Å². The second-order valence-electron chi connectivity index (χ2n) is 5.86. The van der Waals surface area contributed by atoms with Gasteiger partial charge in [0.15, 0.2) is 5.11 Å². The number of methoxy groups -OCH3 is 1. The Bertz CT molecular complexity index is 954. The monoisotopic (exact) mass is 444 g/mol. The van der Waals surface area contributed by atoms with Crippen LogP contribution in [-0.4, -0.2) is 24.0 Å². The second-order valence-corrected chi connectivity index (χ2v) is 7.17. The van der Waals surface area contributed by atoms with Crippen LogP contribution in [0.25, 0.3) is 6.08 Å². The third-order valence-corrected chi connectivity index (χ3v) is 4.97. The average Bonchev–Trinajstić information content (AvgIpc) is 2.65. The third-order valence-electron chi connectivity index (χ3n) is 4.20. The first kappa shape index (κ1) is 19.3. The van der Waals surface area contributed by atoms with Gasteiger partial charge in [0.1, 0.15) is 11.3 Å². The fourth-order valence-electron chi connectivity index (χ4n) is 2.75. The van der Waals surface area contributed by atoms with E-state index in [1.165, 1.54) is 18.1 Å². The summed E-state index contributed by atoms with van der Waals surface area (Å²) in [5.41, 5.74) is 2.35. The van der Waals surface area contributed by atoms with Gasteiger partial charge in [-0.2, -0.15) is 0 Å². The number of aryl methyl sites for hydroxylation is 1. The van der Waals surface area contributed by atoms with Gasteiger partial charge < -0.3 is 4.74 Å². The molecule has 7 heteroatoms. The van der Waals surface area contributed by atoms with Gasteiger partial charge in [-0.3, -0.25) is 19.8 Å². The Morgan fingerprint density at radius 3 is 2.52 bits per heavy atom. The predicted molar refractivity (Wildman–Crippen MR) is 113 cm³/mol. The van der Waals surface area contributed by atoms with E-state index in [4.69, 9.17) is 17.0 Å². The summed E-state index contributed by atoms with van der Waals surface area (Å²) < 4.78 is 6.13. The predicted octanol–water partition coefficient (Wildman–Crippen LogP) is 3.85. The van der Waals surface area contributed by atoms with Gasteiger partial charge in [0.2, 0.25) is 0 Å². The van der Waals surface area contributed by atoms with Crippen LogP contribution in [0.5, 0.6) is 5.75 Å². The number of hydrogen-bond donors (Lipinski definition) is 1. The van der Waals surface area contributed by atoms with Crippen molar-refractivity contribution >= 4 is 56.8 Å². The number of thiocarbonyl (C=S) groups is 1. The van der Waals surface area contributed by atoms with E-state index >= 15 is 0 Å². The van der Waals surface area contributed by atoms with Crippen molar-refractivity contribution in [3.05, 3.63) is 63.6 Å². The molecule has 1 N–H and O–H groups in total. The number of ether oxygens (including phenoxy) is 1. The molecule has 2 aromatic carbocycles. The molecule has 0 bridgehead atoms. The second kappa shape index (κ2) is 8.02. The molecule has 0 radical (unpaired) electrons. The summed E-state index contributed by atoms with van der Waals surface area (Å²) >= 11 is 8.62. The molecule has 0 aromatic heterocycles. The molecule has 1 aliphatic rings. The van der Waals surface area contributed by atoms with Crippen LogP contribution in [0.3, 0.4) is 0 Å². The fourth-order valence-corrected chi connectivity index (χ4v) is 3.41. The summed E-state index contributed by atoms with van der Waals surface area (Å²) in [6, 6.07) is 12.9. The topological polar surface area (TPSA) is 58.6 Å². The SMILES string of the molecule is CCc1ccc(N2C(=O)/C(=C/c3cc(Br)ccc3OC)C(=O)NC2=S)cc1. The van der Waals surface area contributed by atoms with Crippen LogP contribution >= 0.6 is 28.1 Å². The van der Waals surface area contributed by atoms with Crippen LogP contribution in [-0.2, 0) is 16.0 Å². The van der Waals surface area contributed by atoms with Crippen LogP contribution in [0.15, 0.2) is 52.5 Å². The highest BCUT2D eigenvalue weighted by Crippen LogP contribution is 2.28. The molecule has 138 valence electrons. The molecule has 2 aromatic rings. The number of carbonyl (C=O) groups is 2. The minimum atomic E-state index is -0.534. The number of anilines is 1. The van der Waals surface area contributed by atoms with Crippen molar-refractivity contribution in [3.8, 4) is 5.75 Å². The van der Waals surface area contributed by atoms with Crippen molar-refractivity contribution in [2.45, 2.75) is 13.3 Å². The molecular weight excluding hydrogens is 428 g/mol. The minimum absolute atomic E-state index is 0.0143. The minimum Gasteiger partial charge on any atom is -0.496 e. The molecule has 1 saturated heterocycles. The quantitative estimate of drug-likeness (QED) is 0.441. The first-order valence-corrected chi connectivity index (χ1v) is 9.48. The van der Waals surface area contributed by atoms with Crippen LogP contribution in [0, 0.1) is 0 Å². The number of amides is 2. The molecule has 3 rings (SSSR count). The number of carbonyl (C=O) groups excluding carboxylic acids is 2. The van der Waals surface area contributed by atoms with Gasteiger partial charge in [-0.25, -0.2) is 0 Å². The largest absolute Gasteiger partial charge is 0.496 e. The van der Waals surface area contributed by atoms with E-state index in [0.29, 0.717) is 17.0 Å².